The molecule has 0 aromatic heterocycles. The van der Waals surface area contributed by atoms with Gasteiger partial charge in [-0.2, -0.15) is 0 Å². The second-order valence-corrected chi connectivity index (χ2v) is 3.84. The second-order valence-electron chi connectivity index (χ2n) is 3.84. The summed E-state index contributed by atoms with van der Waals surface area (Å²) >= 11 is 0. The van der Waals surface area contributed by atoms with Crippen LogP contribution < -0.4 is 0 Å². The van der Waals surface area contributed by atoms with Gasteiger partial charge in [0, 0.05) is 13.7 Å². The maximum Gasteiger partial charge on any atom is 0.0900 e. The Morgan fingerprint density at radius 2 is 2.07 bits per heavy atom. The van der Waals surface area contributed by atoms with Gasteiger partial charge in [0.05, 0.1) is 25.9 Å². The van der Waals surface area contributed by atoms with E-state index in [1.54, 1.807) is 7.11 Å². The summed E-state index contributed by atoms with van der Waals surface area (Å²) in [5.41, 5.74) is 0. The highest BCUT2D eigenvalue weighted by Gasteiger charge is 2.07. The minimum Gasteiger partial charge on any atom is -0.389 e. The Balaban J connectivity index is 3.33. The minimum atomic E-state index is -0.399. The summed E-state index contributed by atoms with van der Waals surface area (Å²) < 4.78 is 10.1. The molecule has 0 spiro atoms. The average Bonchev–Trinajstić information content (AvgIpc) is 2.21. The number of ether oxygens (including phenoxy) is 2. The van der Waals surface area contributed by atoms with E-state index < -0.39 is 6.10 Å². The number of hydrogen-bond donors (Lipinski definition) is 1. The number of rotatable bonds is 10. The van der Waals surface area contributed by atoms with E-state index >= 15 is 0 Å². The van der Waals surface area contributed by atoms with Crippen molar-refractivity contribution < 1.29 is 14.6 Å². The number of hydrogen-bond acceptors (Lipinski definition) is 4. The van der Waals surface area contributed by atoms with E-state index in [2.05, 4.69) is 11.8 Å². The van der Waals surface area contributed by atoms with Gasteiger partial charge < -0.3 is 19.5 Å². The molecule has 1 N–H and O–H groups in total. The fourth-order valence-corrected chi connectivity index (χ4v) is 1.29. The van der Waals surface area contributed by atoms with Crippen molar-refractivity contribution in [1.29, 1.82) is 0 Å². The van der Waals surface area contributed by atoms with Crippen molar-refractivity contribution >= 4 is 0 Å². The van der Waals surface area contributed by atoms with E-state index in [0.717, 1.165) is 6.54 Å². The zero-order valence-electron chi connectivity index (χ0n) is 10.2. The lowest BCUT2D eigenvalue weighted by molar-refractivity contribution is 0.00231. The molecule has 0 saturated carbocycles. The Bertz CT molecular complexity index is 133. The van der Waals surface area contributed by atoms with Gasteiger partial charge >= 0.3 is 0 Å². The van der Waals surface area contributed by atoms with Crippen LogP contribution in [-0.2, 0) is 9.47 Å². The van der Waals surface area contributed by atoms with E-state index in [1.807, 2.05) is 7.05 Å². The summed E-state index contributed by atoms with van der Waals surface area (Å²) in [5.74, 6) is 0. The molecule has 0 rings (SSSR count). The molecule has 1 unspecified atom stereocenters. The largest absolute Gasteiger partial charge is 0.389 e. The Morgan fingerprint density at radius 3 is 2.67 bits per heavy atom. The van der Waals surface area contributed by atoms with Gasteiger partial charge in [0.15, 0.2) is 0 Å². The van der Waals surface area contributed by atoms with Gasteiger partial charge in [0.1, 0.15) is 0 Å². The van der Waals surface area contributed by atoms with E-state index in [-0.39, 0.29) is 0 Å². The molecule has 0 aromatic rings. The van der Waals surface area contributed by atoms with Crippen molar-refractivity contribution in [2.45, 2.75) is 25.9 Å². The highest BCUT2D eigenvalue weighted by atomic mass is 16.5. The Morgan fingerprint density at radius 1 is 1.33 bits per heavy atom. The highest BCUT2D eigenvalue weighted by Crippen LogP contribution is 1.95. The molecular weight excluding hydrogens is 194 g/mol. The first-order chi connectivity index (χ1) is 7.20. The van der Waals surface area contributed by atoms with Gasteiger partial charge in [-0.15, -0.1) is 0 Å². The van der Waals surface area contributed by atoms with Crippen LogP contribution >= 0.6 is 0 Å². The van der Waals surface area contributed by atoms with Crippen LogP contribution in [0.15, 0.2) is 0 Å². The molecule has 1 atom stereocenters. The second kappa shape index (κ2) is 10.4. The van der Waals surface area contributed by atoms with Crippen molar-refractivity contribution in [3.8, 4) is 0 Å². The molecule has 0 radical (unpaired) electrons. The summed E-state index contributed by atoms with van der Waals surface area (Å²) in [5, 5.41) is 9.61. The summed E-state index contributed by atoms with van der Waals surface area (Å²) in [6.45, 7) is 5.39. The Labute approximate surface area is 93.2 Å². The molecule has 0 aromatic carbocycles. The van der Waals surface area contributed by atoms with Crippen LogP contribution in [0.5, 0.6) is 0 Å². The first kappa shape index (κ1) is 14.8. The van der Waals surface area contributed by atoms with Crippen LogP contribution in [0.2, 0.25) is 0 Å². The zero-order valence-corrected chi connectivity index (χ0v) is 10.2. The van der Waals surface area contributed by atoms with Gasteiger partial charge in [0.25, 0.3) is 0 Å². The maximum atomic E-state index is 9.61. The number of methoxy groups -OCH3 is 1. The molecule has 0 aliphatic rings. The quantitative estimate of drug-likeness (QED) is 0.550. The van der Waals surface area contributed by atoms with E-state index in [9.17, 15) is 5.11 Å². The molecule has 0 heterocycles. The summed E-state index contributed by atoms with van der Waals surface area (Å²) in [6.07, 6.45) is 1.96. The van der Waals surface area contributed by atoms with Crippen LogP contribution in [0, 0.1) is 0 Å². The molecule has 0 fully saturated rings. The molecule has 0 bridgehead atoms. The van der Waals surface area contributed by atoms with Gasteiger partial charge in [-0.05, 0) is 20.0 Å². The SMILES string of the molecule is CCCCN(C)CC(O)COCCOC. The zero-order chi connectivity index (χ0) is 11.5. The Hall–Kier alpha value is -0.160. The van der Waals surface area contributed by atoms with Gasteiger partial charge in [-0.3, -0.25) is 0 Å². The molecule has 4 heteroatoms. The van der Waals surface area contributed by atoms with Crippen molar-refractivity contribution in [2.75, 3.05) is 47.1 Å². The highest BCUT2D eigenvalue weighted by molar-refractivity contribution is 4.60. The van der Waals surface area contributed by atoms with Gasteiger partial charge in [-0.25, -0.2) is 0 Å². The molecule has 0 aliphatic heterocycles. The van der Waals surface area contributed by atoms with Crippen molar-refractivity contribution in [3.05, 3.63) is 0 Å². The average molecular weight is 219 g/mol. The summed E-state index contributed by atoms with van der Waals surface area (Å²) in [7, 11) is 3.66. The lowest BCUT2D eigenvalue weighted by Crippen LogP contribution is -2.33. The molecule has 92 valence electrons. The normalized spacial score (nSPS) is 13.4. The molecule has 0 amide bonds. The molecule has 0 aliphatic carbocycles. The fraction of sp³-hybridized carbons (Fsp3) is 1.00. The van der Waals surface area contributed by atoms with E-state index in [0.29, 0.717) is 26.4 Å². The predicted octanol–water partition coefficient (Wildman–Crippen LogP) is 0.742. The first-order valence-electron chi connectivity index (χ1n) is 5.64. The third-order valence-electron chi connectivity index (χ3n) is 2.16. The first-order valence-corrected chi connectivity index (χ1v) is 5.64. The number of aliphatic hydroxyl groups excluding tert-OH is 1. The van der Waals surface area contributed by atoms with E-state index in [4.69, 9.17) is 9.47 Å². The topological polar surface area (TPSA) is 41.9 Å². The van der Waals surface area contributed by atoms with Crippen LogP contribution in [0.1, 0.15) is 19.8 Å². The van der Waals surface area contributed by atoms with Gasteiger partial charge in [0.2, 0.25) is 0 Å². The molecule has 0 saturated heterocycles. The number of unbranched alkanes of at least 4 members (excludes halogenated alkanes) is 1. The fourth-order valence-electron chi connectivity index (χ4n) is 1.29. The standard InChI is InChI=1S/C11H25NO3/c1-4-5-6-12(2)9-11(13)10-15-8-7-14-3/h11,13H,4-10H2,1-3H3. The van der Waals surface area contributed by atoms with Crippen molar-refractivity contribution in [1.82, 2.24) is 4.90 Å². The number of nitrogens with zero attached hydrogens (tertiary/aromatic N) is 1. The van der Waals surface area contributed by atoms with Crippen LogP contribution in [0.25, 0.3) is 0 Å². The van der Waals surface area contributed by atoms with Crippen molar-refractivity contribution in [3.63, 3.8) is 0 Å². The number of aliphatic hydroxyl groups is 1. The molecule has 15 heavy (non-hydrogen) atoms. The van der Waals surface area contributed by atoms with Crippen LogP contribution in [0.3, 0.4) is 0 Å². The molecule has 4 nitrogen and oxygen atoms in total. The smallest absolute Gasteiger partial charge is 0.0900 e. The lowest BCUT2D eigenvalue weighted by Gasteiger charge is -2.20. The van der Waals surface area contributed by atoms with Gasteiger partial charge in [-0.1, -0.05) is 13.3 Å². The third kappa shape index (κ3) is 10.1. The summed E-state index contributed by atoms with van der Waals surface area (Å²) in [4.78, 5) is 2.13. The monoisotopic (exact) mass is 219 g/mol. The van der Waals surface area contributed by atoms with E-state index in [1.165, 1.54) is 12.8 Å². The maximum absolute atomic E-state index is 9.61. The number of likely N-dealkylation sites (N-methyl/N-ethyl adjacent to an activating group) is 1. The molecular formula is C11H25NO3. The van der Waals surface area contributed by atoms with Crippen LogP contribution in [0.4, 0.5) is 0 Å². The Kier molecular flexibility index (Phi) is 10.3. The summed E-state index contributed by atoms with van der Waals surface area (Å²) in [6, 6.07) is 0. The van der Waals surface area contributed by atoms with Crippen LogP contribution in [-0.4, -0.2) is 63.2 Å². The predicted molar refractivity (Wildman–Crippen MR) is 61.1 cm³/mol. The lowest BCUT2D eigenvalue weighted by atomic mass is 10.3. The third-order valence-corrected chi connectivity index (χ3v) is 2.16. The van der Waals surface area contributed by atoms with Crippen molar-refractivity contribution in [2.24, 2.45) is 0 Å². The minimum absolute atomic E-state index is 0.389.